The van der Waals surface area contributed by atoms with Gasteiger partial charge < -0.3 is 24.6 Å². The summed E-state index contributed by atoms with van der Waals surface area (Å²) in [6, 6.07) is 11.5. The Bertz CT molecular complexity index is 1040. The molecule has 1 amide bonds. The Hall–Kier alpha value is -2.98. The monoisotopic (exact) mass is 434 g/mol. The van der Waals surface area contributed by atoms with Crippen LogP contribution in [0.25, 0.3) is 0 Å². The zero-order valence-electron chi connectivity index (χ0n) is 16.1. The molecule has 2 N–H and O–H groups in total. The summed E-state index contributed by atoms with van der Waals surface area (Å²) in [5, 5.41) is 12.7. The van der Waals surface area contributed by atoms with Crippen molar-refractivity contribution in [1.29, 1.82) is 0 Å². The van der Waals surface area contributed by atoms with Gasteiger partial charge in [0.05, 0.1) is 11.4 Å². The van der Waals surface area contributed by atoms with Crippen LogP contribution in [-0.2, 0) is 10.0 Å². The van der Waals surface area contributed by atoms with Crippen molar-refractivity contribution in [1.82, 2.24) is 5.32 Å². The molecule has 0 spiro atoms. The lowest BCUT2D eigenvalue weighted by Crippen LogP contribution is -2.35. The van der Waals surface area contributed by atoms with Gasteiger partial charge in [0.15, 0.2) is 11.5 Å². The fourth-order valence-corrected chi connectivity index (χ4v) is 4.82. The van der Waals surface area contributed by atoms with Gasteiger partial charge in [0.1, 0.15) is 18.5 Å². The zero-order chi connectivity index (χ0) is 21.1. The number of amides is 1. The summed E-state index contributed by atoms with van der Waals surface area (Å²) >= 11 is 0. The number of aliphatic hydroxyl groups is 1. The van der Waals surface area contributed by atoms with Gasteiger partial charge in [0.25, 0.3) is 5.91 Å². The maximum Gasteiger partial charge on any atom is 0.251 e. The number of rotatable bonds is 7. The van der Waals surface area contributed by atoms with Crippen molar-refractivity contribution in [3.8, 4) is 17.2 Å². The van der Waals surface area contributed by atoms with Crippen LogP contribution in [-0.4, -0.2) is 57.8 Å². The average Bonchev–Trinajstić information content (AvgIpc) is 3.35. The van der Waals surface area contributed by atoms with E-state index in [9.17, 15) is 18.3 Å². The smallest absolute Gasteiger partial charge is 0.251 e. The minimum Gasteiger partial charge on any atom is -0.491 e. The first-order chi connectivity index (χ1) is 14.4. The molecule has 4 rings (SSSR count). The van der Waals surface area contributed by atoms with E-state index in [1.54, 1.807) is 36.4 Å². The van der Waals surface area contributed by atoms with Crippen molar-refractivity contribution in [3.63, 3.8) is 0 Å². The predicted octanol–water partition coefficient (Wildman–Crippen LogP) is 1.12. The van der Waals surface area contributed by atoms with Crippen LogP contribution in [0.3, 0.4) is 0 Å². The van der Waals surface area contributed by atoms with Gasteiger partial charge in [0, 0.05) is 24.7 Å². The van der Waals surface area contributed by atoms with Crippen molar-refractivity contribution >= 4 is 21.6 Å². The number of sulfonamides is 1. The lowest BCUT2D eigenvalue weighted by atomic mass is 10.2. The maximum atomic E-state index is 12.4. The summed E-state index contributed by atoms with van der Waals surface area (Å²) in [5.41, 5.74) is 0.783. The molecule has 0 aliphatic carbocycles. The van der Waals surface area contributed by atoms with E-state index in [0.29, 0.717) is 41.5 Å². The Morgan fingerprint density at radius 3 is 2.83 bits per heavy atom. The number of aliphatic hydroxyl groups excluding tert-OH is 1. The standard InChI is InChI=1S/C20H22N2O7S/c23-16(12-27-17-5-6-18-19(10-17)29-13-28-18)11-21-20(24)14-3-1-4-15(9-14)22-7-2-8-30(22,25)26/h1,3-6,9-10,16,23H,2,7-8,11-13H2,(H,21,24). The second-order valence-corrected chi connectivity index (χ2v) is 8.99. The highest BCUT2D eigenvalue weighted by molar-refractivity contribution is 7.93. The molecule has 0 bridgehead atoms. The number of benzene rings is 2. The minimum atomic E-state index is -3.32. The topological polar surface area (TPSA) is 114 Å². The van der Waals surface area contributed by atoms with Crippen LogP contribution < -0.4 is 23.8 Å². The van der Waals surface area contributed by atoms with Gasteiger partial charge in [-0.15, -0.1) is 0 Å². The normalized spacial score (nSPS) is 17.6. The molecule has 1 atom stereocenters. The van der Waals surface area contributed by atoms with Gasteiger partial charge in [-0.1, -0.05) is 6.07 Å². The van der Waals surface area contributed by atoms with Crippen LogP contribution in [0, 0.1) is 0 Å². The highest BCUT2D eigenvalue weighted by atomic mass is 32.2. The van der Waals surface area contributed by atoms with Crippen LogP contribution in [0.2, 0.25) is 0 Å². The number of carbonyl (C=O) groups excluding carboxylic acids is 1. The molecule has 2 heterocycles. The largest absolute Gasteiger partial charge is 0.491 e. The van der Waals surface area contributed by atoms with Crippen LogP contribution in [0.4, 0.5) is 5.69 Å². The number of fused-ring (bicyclic) bond motifs is 1. The average molecular weight is 434 g/mol. The molecule has 2 aromatic carbocycles. The Labute approximate surface area is 174 Å². The molecule has 2 aromatic rings. The lowest BCUT2D eigenvalue weighted by Gasteiger charge is -2.18. The number of nitrogens with one attached hydrogen (secondary N) is 1. The van der Waals surface area contributed by atoms with Gasteiger partial charge in [-0.3, -0.25) is 9.10 Å². The SMILES string of the molecule is O=C(NCC(O)COc1ccc2c(c1)OCO2)c1cccc(N2CCCS2(=O)=O)c1. The summed E-state index contributed by atoms with van der Waals surface area (Å²) in [5.74, 6) is 1.44. The van der Waals surface area contributed by atoms with Gasteiger partial charge in [-0.25, -0.2) is 8.42 Å². The van der Waals surface area contributed by atoms with Crippen molar-refractivity contribution in [2.45, 2.75) is 12.5 Å². The summed E-state index contributed by atoms with van der Waals surface area (Å²) in [4.78, 5) is 12.4. The summed E-state index contributed by atoms with van der Waals surface area (Å²) in [7, 11) is -3.32. The second-order valence-electron chi connectivity index (χ2n) is 6.98. The minimum absolute atomic E-state index is 0.0182. The molecular formula is C20H22N2O7S. The molecule has 160 valence electrons. The van der Waals surface area contributed by atoms with Gasteiger partial charge in [0.2, 0.25) is 16.8 Å². The summed E-state index contributed by atoms with van der Waals surface area (Å²) in [6.07, 6.45) is -0.365. The van der Waals surface area contributed by atoms with E-state index in [4.69, 9.17) is 14.2 Å². The fourth-order valence-electron chi connectivity index (χ4n) is 3.26. The van der Waals surface area contributed by atoms with E-state index < -0.39 is 22.0 Å². The third kappa shape index (κ3) is 4.44. The molecule has 1 fully saturated rings. The number of nitrogens with zero attached hydrogens (tertiary/aromatic N) is 1. The van der Waals surface area contributed by atoms with Crippen molar-refractivity contribution < 1.29 is 32.5 Å². The van der Waals surface area contributed by atoms with Crippen LogP contribution in [0.15, 0.2) is 42.5 Å². The molecular weight excluding hydrogens is 412 g/mol. The van der Waals surface area contributed by atoms with E-state index in [-0.39, 0.29) is 25.7 Å². The van der Waals surface area contributed by atoms with Crippen molar-refractivity contribution in [3.05, 3.63) is 48.0 Å². The number of carbonyl (C=O) groups is 1. The van der Waals surface area contributed by atoms with Crippen LogP contribution >= 0.6 is 0 Å². The first kappa shape index (κ1) is 20.3. The third-order valence-electron chi connectivity index (χ3n) is 4.78. The lowest BCUT2D eigenvalue weighted by molar-refractivity contribution is 0.0843. The number of anilines is 1. The van der Waals surface area contributed by atoms with Gasteiger partial charge in [-0.05, 0) is 36.8 Å². The molecule has 0 radical (unpaired) electrons. The van der Waals surface area contributed by atoms with Gasteiger partial charge >= 0.3 is 0 Å². The molecule has 1 unspecified atom stereocenters. The Kier molecular flexibility index (Phi) is 5.69. The molecule has 30 heavy (non-hydrogen) atoms. The molecule has 0 saturated carbocycles. The first-order valence-electron chi connectivity index (χ1n) is 9.51. The number of ether oxygens (including phenoxy) is 3. The summed E-state index contributed by atoms with van der Waals surface area (Å²) in [6.45, 7) is 0.531. The quantitative estimate of drug-likeness (QED) is 0.671. The van der Waals surface area contributed by atoms with Crippen LogP contribution in [0.1, 0.15) is 16.8 Å². The van der Waals surface area contributed by atoms with E-state index in [2.05, 4.69) is 5.32 Å². The van der Waals surface area contributed by atoms with Crippen molar-refractivity contribution in [2.75, 3.05) is 36.5 Å². The van der Waals surface area contributed by atoms with E-state index in [0.717, 1.165) is 0 Å². The Morgan fingerprint density at radius 1 is 1.20 bits per heavy atom. The fraction of sp³-hybridized carbons (Fsp3) is 0.350. The molecule has 1 saturated heterocycles. The molecule has 2 aliphatic rings. The molecule has 10 heteroatoms. The number of hydrogen-bond acceptors (Lipinski definition) is 7. The van der Waals surface area contributed by atoms with E-state index in [1.807, 2.05) is 0 Å². The Balaban J connectivity index is 1.29. The van der Waals surface area contributed by atoms with Gasteiger partial charge in [-0.2, -0.15) is 0 Å². The highest BCUT2D eigenvalue weighted by Gasteiger charge is 2.28. The van der Waals surface area contributed by atoms with E-state index in [1.165, 1.54) is 10.4 Å². The maximum absolute atomic E-state index is 12.4. The second kappa shape index (κ2) is 8.41. The predicted molar refractivity (Wildman–Crippen MR) is 109 cm³/mol. The number of hydrogen-bond donors (Lipinski definition) is 2. The summed E-state index contributed by atoms with van der Waals surface area (Å²) < 4.78 is 41.5. The van der Waals surface area contributed by atoms with Crippen LogP contribution in [0.5, 0.6) is 17.2 Å². The molecule has 9 nitrogen and oxygen atoms in total. The Morgan fingerprint density at radius 2 is 2.03 bits per heavy atom. The van der Waals surface area contributed by atoms with Crippen molar-refractivity contribution in [2.24, 2.45) is 0 Å². The first-order valence-corrected chi connectivity index (χ1v) is 11.1. The molecule has 0 aromatic heterocycles. The van der Waals surface area contributed by atoms with E-state index >= 15 is 0 Å². The molecule has 2 aliphatic heterocycles. The zero-order valence-corrected chi connectivity index (χ0v) is 16.9. The highest BCUT2D eigenvalue weighted by Crippen LogP contribution is 2.35. The third-order valence-corrected chi connectivity index (χ3v) is 6.65.